The van der Waals surface area contributed by atoms with Crippen LogP contribution in [0.4, 0.5) is 5.69 Å². The third-order valence-electron chi connectivity index (χ3n) is 3.21. The van der Waals surface area contributed by atoms with Crippen LogP contribution >= 0.6 is 0 Å². The van der Waals surface area contributed by atoms with Crippen molar-refractivity contribution in [2.45, 2.75) is 25.9 Å². The number of piperidine rings is 1. The summed E-state index contributed by atoms with van der Waals surface area (Å²) >= 11 is 0. The van der Waals surface area contributed by atoms with Gasteiger partial charge < -0.3 is 15.7 Å². The normalized spacial score (nSPS) is 20.4. The molecule has 1 aliphatic heterocycles. The summed E-state index contributed by atoms with van der Waals surface area (Å²) in [5.74, 6) is -0.0459. The number of aliphatic hydroxyl groups excluding tert-OH is 1. The number of nitrogens with zero attached hydrogens (tertiary/aromatic N) is 1. The van der Waals surface area contributed by atoms with Crippen molar-refractivity contribution in [3.8, 4) is 0 Å². The molecule has 1 atom stereocenters. The monoisotopic (exact) mass is 234 g/mol. The van der Waals surface area contributed by atoms with Crippen LogP contribution in [0.25, 0.3) is 0 Å². The molecule has 0 spiro atoms. The number of amides is 1. The van der Waals surface area contributed by atoms with E-state index in [1.807, 2.05) is 13.0 Å². The van der Waals surface area contributed by atoms with Crippen molar-refractivity contribution >= 4 is 11.6 Å². The summed E-state index contributed by atoms with van der Waals surface area (Å²) in [4.78, 5) is 13.9. The highest BCUT2D eigenvalue weighted by Crippen LogP contribution is 2.17. The van der Waals surface area contributed by atoms with Crippen LogP contribution in [-0.2, 0) is 0 Å². The number of aryl methyl sites for hydroxylation is 1. The molecule has 0 unspecified atom stereocenters. The van der Waals surface area contributed by atoms with Gasteiger partial charge in [0.15, 0.2) is 0 Å². The van der Waals surface area contributed by atoms with Crippen LogP contribution in [0.3, 0.4) is 0 Å². The van der Waals surface area contributed by atoms with Crippen LogP contribution < -0.4 is 5.73 Å². The van der Waals surface area contributed by atoms with Gasteiger partial charge in [-0.2, -0.15) is 0 Å². The molecule has 0 saturated carbocycles. The van der Waals surface area contributed by atoms with Gasteiger partial charge in [0.1, 0.15) is 0 Å². The average Bonchev–Trinajstić information content (AvgIpc) is 2.32. The van der Waals surface area contributed by atoms with E-state index in [9.17, 15) is 9.90 Å². The minimum absolute atomic E-state index is 0.0459. The average molecular weight is 234 g/mol. The highest BCUT2D eigenvalue weighted by molar-refractivity contribution is 5.95. The van der Waals surface area contributed by atoms with Gasteiger partial charge in [0.25, 0.3) is 5.91 Å². The van der Waals surface area contributed by atoms with Gasteiger partial charge in [-0.1, -0.05) is 6.07 Å². The minimum atomic E-state index is -0.393. The van der Waals surface area contributed by atoms with Gasteiger partial charge in [-0.05, 0) is 37.5 Å². The summed E-state index contributed by atoms with van der Waals surface area (Å²) in [7, 11) is 0. The molecule has 0 aromatic heterocycles. The molecule has 0 aliphatic carbocycles. The Morgan fingerprint density at radius 2 is 2.29 bits per heavy atom. The summed E-state index contributed by atoms with van der Waals surface area (Å²) in [5.41, 5.74) is 8.00. The van der Waals surface area contributed by atoms with E-state index in [4.69, 9.17) is 5.73 Å². The Labute approximate surface area is 101 Å². The van der Waals surface area contributed by atoms with Crippen LogP contribution in [0.5, 0.6) is 0 Å². The van der Waals surface area contributed by atoms with Crippen molar-refractivity contribution in [3.05, 3.63) is 29.3 Å². The number of carbonyl (C=O) groups excluding carboxylic acids is 1. The molecular weight excluding hydrogens is 216 g/mol. The van der Waals surface area contributed by atoms with Crippen LogP contribution in [0, 0.1) is 6.92 Å². The fraction of sp³-hybridized carbons (Fsp3) is 0.462. The van der Waals surface area contributed by atoms with E-state index in [2.05, 4.69) is 0 Å². The molecule has 0 radical (unpaired) electrons. The standard InChI is InChI=1S/C13H18N2O2/c1-9-4-5-10(7-12(9)14)13(17)15-6-2-3-11(16)8-15/h4-5,7,11,16H,2-3,6,8,14H2,1H3/t11-/m0/s1. The number of nitrogens with two attached hydrogens (primary N) is 1. The topological polar surface area (TPSA) is 66.6 Å². The summed E-state index contributed by atoms with van der Waals surface area (Å²) in [6.07, 6.45) is 1.24. The zero-order chi connectivity index (χ0) is 12.4. The molecule has 2 rings (SSSR count). The maximum absolute atomic E-state index is 12.2. The Bertz CT molecular complexity index is 431. The summed E-state index contributed by atoms with van der Waals surface area (Å²) in [6.45, 7) is 3.05. The highest BCUT2D eigenvalue weighted by atomic mass is 16.3. The van der Waals surface area contributed by atoms with Crippen molar-refractivity contribution in [2.75, 3.05) is 18.8 Å². The molecule has 3 N–H and O–H groups in total. The number of benzene rings is 1. The maximum atomic E-state index is 12.2. The Kier molecular flexibility index (Phi) is 3.33. The van der Waals surface area contributed by atoms with Gasteiger partial charge in [0.2, 0.25) is 0 Å². The van der Waals surface area contributed by atoms with E-state index in [1.165, 1.54) is 0 Å². The Morgan fingerprint density at radius 3 is 2.94 bits per heavy atom. The Morgan fingerprint density at radius 1 is 1.53 bits per heavy atom. The van der Waals surface area contributed by atoms with E-state index < -0.39 is 6.10 Å². The second-order valence-electron chi connectivity index (χ2n) is 4.62. The first-order chi connectivity index (χ1) is 8.08. The Hall–Kier alpha value is -1.55. The molecule has 1 aromatic rings. The van der Waals surface area contributed by atoms with Crippen molar-refractivity contribution in [3.63, 3.8) is 0 Å². The number of likely N-dealkylation sites (tertiary alicyclic amines) is 1. The van der Waals surface area contributed by atoms with Crippen LogP contribution in [0.2, 0.25) is 0 Å². The number of β-amino-alcohol motifs (C(OH)–C–C–N with tert-alkyl or cyclic N) is 1. The van der Waals surface area contributed by atoms with Crippen molar-refractivity contribution < 1.29 is 9.90 Å². The molecule has 1 fully saturated rings. The molecule has 1 aliphatic rings. The van der Waals surface area contributed by atoms with Crippen molar-refractivity contribution in [1.82, 2.24) is 4.90 Å². The largest absolute Gasteiger partial charge is 0.398 e. The van der Waals surface area contributed by atoms with Gasteiger partial charge >= 0.3 is 0 Å². The zero-order valence-corrected chi connectivity index (χ0v) is 10.0. The number of hydrogen-bond donors (Lipinski definition) is 2. The van der Waals surface area contributed by atoms with E-state index in [0.717, 1.165) is 18.4 Å². The lowest BCUT2D eigenvalue weighted by molar-refractivity contribution is 0.0474. The van der Waals surface area contributed by atoms with Crippen LogP contribution in [-0.4, -0.2) is 35.1 Å². The number of hydrogen-bond acceptors (Lipinski definition) is 3. The van der Waals surface area contributed by atoms with Gasteiger partial charge in [-0.3, -0.25) is 4.79 Å². The molecule has 92 valence electrons. The fourth-order valence-corrected chi connectivity index (χ4v) is 2.10. The molecule has 17 heavy (non-hydrogen) atoms. The van der Waals surface area contributed by atoms with E-state index in [0.29, 0.717) is 24.3 Å². The van der Waals surface area contributed by atoms with Crippen LogP contribution in [0.15, 0.2) is 18.2 Å². The first-order valence-electron chi connectivity index (χ1n) is 5.91. The summed E-state index contributed by atoms with van der Waals surface area (Å²) in [6, 6.07) is 5.34. The first kappa shape index (κ1) is 11.9. The summed E-state index contributed by atoms with van der Waals surface area (Å²) in [5, 5.41) is 9.56. The smallest absolute Gasteiger partial charge is 0.254 e. The first-order valence-corrected chi connectivity index (χ1v) is 5.91. The van der Waals surface area contributed by atoms with Gasteiger partial charge in [0.05, 0.1) is 6.10 Å². The molecule has 1 amide bonds. The predicted molar refractivity (Wildman–Crippen MR) is 66.7 cm³/mol. The summed E-state index contributed by atoms with van der Waals surface area (Å²) < 4.78 is 0. The predicted octanol–water partition coefficient (Wildman–Crippen LogP) is 1.17. The second-order valence-corrected chi connectivity index (χ2v) is 4.62. The van der Waals surface area contributed by atoms with E-state index in [-0.39, 0.29) is 5.91 Å². The SMILES string of the molecule is Cc1ccc(C(=O)N2CCC[C@H](O)C2)cc1N. The van der Waals surface area contributed by atoms with Gasteiger partial charge in [0, 0.05) is 24.3 Å². The minimum Gasteiger partial charge on any atom is -0.398 e. The lowest BCUT2D eigenvalue weighted by atomic mass is 10.1. The number of nitrogen functional groups attached to an aromatic ring is 1. The number of carbonyl (C=O) groups is 1. The number of anilines is 1. The molecule has 1 aromatic carbocycles. The van der Waals surface area contributed by atoms with E-state index >= 15 is 0 Å². The van der Waals surface area contributed by atoms with Gasteiger partial charge in [-0.25, -0.2) is 0 Å². The molecular formula is C13H18N2O2. The Balaban J connectivity index is 2.15. The highest BCUT2D eigenvalue weighted by Gasteiger charge is 2.23. The maximum Gasteiger partial charge on any atom is 0.254 e. The third kappa shape index (κ3) is 2.58. The molecule has 4 heteroatoms. The van der Waals surface area contributed by atoms with Crippen molar-refractivity contribution in [1.29, 1.82) is 0 Å². The van der Waals surface area contributed by atoms with Crippen LogP contribution in [0.1, 0.15) is 28.8 Å². The zero-order valence-electron chi connectivity index (χ0n) is 10.0. The lowest BCUT2D eigenvalue weighted by Crippen LogP contribution is -2.42. The van der Waals surface area contributed by atoms with E-state index in [1.54, 1.807) is 17.0 Å². The molecule has 4 nitrogen and oxygen atoms in total. The third-order valence-corrected chi connectivity index (χ3v) is 3.21. The molecule has 1 saturated heterocycles. The number of rotatable bonds is 1. The molecule has 1 heterocycles. The number of aliphatic hydroxyl groups is 1. The molecule has 0 bridgehead atoms. The van der Waals surface area contributed by atoms with Crippen molar-refractivity contribution in [2.24, 2.45) is 0 Å². The van der Waals surface area contributed by atoms with Gasteiger partial charge in [-0.15, -0.1) is 0 Å². The fourth-order valence-electron chi connectivity index (χ4n) is 2.10. The quantitative estimate of drug-likeness (QED) is 0.717. The lowest BCUT2D eigenvalue weighted by Gasteiger charge is -2.30. The second kappa shape index (κ2) is 4.75.